The van der Waals surface area contributed by atoms with Gasteiger partial charge in [0, 0.05) is 0 Å². The van der Waals surface area contributed by atoms with E-state index in [1.54, 1.807) is 12.1 Å². The van der Waals surface area contributed by atoms with Crippen molar-refractivity contribution in [2.75, 3.05) is 6.61 Å². The highest BCUT2D eigenvalue weighted by molar-refractivity contribution is 5.22. The van der Waals surface area contributed by atoms with Crippen molar-refractivity contribution in [1.29, 1.82) is 5.26 Å². The molecule has 2 nitrogen and oxygen atoms in total. The van der Waals surface area contributed by atoms with Crippen molar-refractivity contribution < 1.29 is 9.13 Å². The van der Waals surface area contributed by atoms with Crippen molar-refractivity contribution in [3.63, 3.8) is 0 Å². The van der Waals surface area contributed by atoms with Crippen LogP contribution in [0.25, 0.3) is 0 Å². The molecule has 0 radical (unpaired) electrons. The van der Waals surface area contributed by atoms with Crippen molar-refractivity contribution >= 4 is 0 Å². The normalized spacial score (nSPS) is 10.8. The second-order valence-corrected chi connectivity index (χ2v) is 4.05. The van der Waals surface area contributed by atoms with Gasteiger partial charge in [-0.1, -0.05) is 0 Å². The Morgan fingerprint density at radius 2 is 1.93 bits per heavy atom. The number of halogens is 1. The molecule has 1 rings (SSSR count). The minimum atomic E-state index is -0.375. The summed E-state index contributed by atoms with van der Waals surface area (Å²) in [5.41, 5.74) is -0.375. The second-order valence-electron chi connectivity index (χ2n) is 4.05. The molecule has 0 aliphatic heterocycles. The van der Waals surface area contributed by atoms with E-state index in [1.165, 1.54) is 12.1 Å². The van der Waals surface area contributed by atoms with Crippen LogP contribution in [-0.4, -0.2) is 6.61 Å². The Hall–Kier alpha value is -1.56. The van der Waals surface area contributed by atoms with Crippen LogP contribution in [0, 0.1) is 22.6 Å². The molecule has 0 atom stereocenters. The Labute approximate surface area is 89.3 Å². The number of nitriles is 1. The monoisotopic (exact) mass is 207 g/mol. The van der Waals surface area contributed by atoms with Gasteiger partial charge in [-0.05, 0) is 44.5 Å². The molecule has 0 N–H and O–H groups in total. The van der Waals surface area contributed by atoms with Crippen LogP contribution in [0.3, 0.4) is 0 Å². The zero-order chi connectivity index (χ0) is 11.3. The third-order valence-corrected chi connectivity index (χ3v) is 2.11. The van der Waals surface area contributed by atoms with Crippen molar-refractivity contribution in [2.45, 2.75) is 20.3 Å². The van der Waals surface area contributed by atoms with Crippen molar-refractivity contribution in [3.8, 4) is 11.8 Å². The van der Waals surface area contributed by atoms with Gasteiger partial charge in [-0.3, -0.25) is 0 Å². The van der Waals surface area contributed by atoms with Crippen molar-refractivity contribution in [2.24, 2.45) is 5.41 Å². The van der Waals surface area contributed by atoms with Gasteiger partial charge in [0.15, 0.2) is 0 Å². The maximum Gasteiger partial charge on any atom is 0.123 e. The quantitative estimate of drug-likeness (QED) is 0.759. The Morgan fingerprint density at radius 1 is 1.33 bits per heavy atom. The summed E-state index contributed by atoms with van der Waals surface area (Å²) in [5, 5.41) is 8.77. The molecule has 0 fully saturated rings. The third-order valence-electron chi connectivity index (χ3n) is 2.11. The number of benzene rings is 1. The van der Waals surface area contributed by atoms with Gasteiger partial charge in [0.25, 0.3) is 0 Å². The molecule has 0 aliphatic carbocycles. The first-order valence-corrected chi connectivity index (χ1v) is 4.83. The van der Waals surface area contributed by atoms with E-state index < -0.39 is 0 Å². The zero-order valence-corrected chi connectivity index (χ0v) is 8.96. The first kappa shape index (κ1) is 11.5. The second kappa shape index (κ2) is 4.79. The van der Waals surface area contributed by atoms with Gasteiger partial charge < -0.3 is 4.74 Å². The molecule has 0 aliphatic rings. The first-order chi connectivity index (χ1) is 7.03. The van der Waals surface area contributed by atoms with Gasteiger partial charge in [-0.15, -0.1) is 0 Å². The number of nitrogens with zero attached hydrogens (tertiary/aromatic N) is 1. The highest BCUT2D eigenvalue weighted by Crippen LogP contribution is 2.19. The zero-order valence-electron chi connectivity index (χ0n) is 8.96. The standard InChI is InChI=1S/C12H14FNO/c1-12(2,9-14)7-8-15-11-5-3-10(13)4-6-11/h3-6H,7-8H2,1-2H3. The third kappa shape index (κ3) is 3.99. The summed E-state index contributed by atoms with van der Waals surface area (Å²) in [6.45, 7) is 4.19. The minimum Gasteiger partial charge on any atom is -0.494 e. The molecule has 0 bridgehead atoms. The molecule has 15 heavy (non-hydrogen) atoms. The predicted molar refractivity (Wildman–Crippen MR) is 55.9 cm³/mol. The van der Waals surface area contributed by atoms with E-state index >= 15 is 0 Å². The van der Waals surface area contributed by atoms with Gasteiger partial charge in [-0.2, -0.15) is 5.26 Å². The molecule has 1 aromatic carbocycles. The summed E-state index contributed by atoms with van der Waals surface area (Å²) in [7, 11) is 0. The fourth-order valence-corrected chi connectivity index (χ4v) is 1.01. The number of rotatable bonds is 4. The van der Waals surface area contributed by atoms with E-state index in [4.69, 9.17) is 10.00 Å². The average molecular weight is 207 g/mol. The van der Waals surface area contributed by atoms with Crippen molar-refractivity contribution in [1.82, 2.24) is 0 Å². The molecule has 80 valence electrons. The summed E-state index contributed by atoms with van der Waals surface area (Å²) in [4.78, 5) is 0. The van der Waals surface area contributed by atoms with E-state index in [2.05, 4.69) is 6.07 Å². The lowest BCUT2D eigenvalue weighted by Crippen LogP contribution is -2.13. The van der Waals surface area contributed by atoms with Gasteiger partial charge in [0.1, 0.15) is 11.6 Å². The van der Waals surface area contributed by atoms with Gasteiger partial charge in [-0.25, -0.2) is 4.39 Å². The molecule has 0 heterocycles. The molecule has 0 saturated carbocycles. The van der Waals surface area contributed by atoms with Crippen LogP contribution in [-0.2, 0) is 0 Å². The number of hydrogen-bond donors (Lipinski definition) is 0. The Balaban J connectivity index is 2.39. The lowest BCUT2D eigenvalue weighted by molar-refractivity contribution is 0.264. The van der Waals surface area contributed by atoms with Crippen LogP contribution < -0.4 is 4.74 Å². The van der Waals surface area contributed by atoms with Crippen LogP contribution >= 0.6 is 0 Å². The van der Waals surface area contributed by atoms with Crippen LogP contribution in [0.2, 0.25) is 0 Å². The summed E-state index contributed by atoms with van der Waals surface area (Å²) < 4.78 is 17.9. The largest absolute Gasteiger partial charge is 0.494 e. The fourth-order valence-electron chi connectivity index (χ4n) is 1.01. The molecule has 3 heteroatoms. The van der Waals surface area contributed by atoms with E-state index in [1.807, 2.05) is 13.8 Å². The molecule has 0 unspecified atom stereocenters. The Kier molecular flexibility index (Phi) is 3.68. The maximum absolute atomic E-state index is 12.6. The van der Waals surface area contributed by atoms with E-state index in [0.717, 1.165) is 0 Å². The highest BCUT2D eigenvalue weighted by atomic mass is 19.1. The summed E-state index contributed by atoms with van der Waals surface area (Å²) in [5.74, 6) is 0.352. The molecular formula is C12H14FNO. The Morgan fingerprint density at radius 3 is 2.47 bits per heavy atom. The number of ether oxygens (including phenoxy) is 1. The first-order valence-electron chi connectivity index (χ1n) is 4.83. The molecule has 0 saturated heterocycles. The maximum atomic E-state index is 12.6. The van der Waals surface area contributed by atoms with Crippen molar-refractivity contribution in [3.05, 3.63) is 30.1 Å². The smallest absolute Gasteiger partial charge is 0.123 e. The fraction of sp³-hybridized carbons (Fsp3) is 0.417. The summed E-state index contributed by atoms with van der Waals surface area (Å²) in [6, 6.07) is 8.06. The van der Waals surface area contributed by atoms with E-state index in [-0.39, 0.29) is 11.2 Å². The van der Waals surface area contributed by atoms with Gasteiger partial charge in [0.05, 0.1) is 18.1 Å². The summed E-state index contributed by atoms with van der Waals surface area (Å²) in [6.07, 6.45) is 0.654. The van der Waals surface area contributed by atoms with Crippen LogP contribution in [0.5, 0.6) is 5.75 Å². The summed E-state index contributed by atoms with van der Waals surface area (Å²) >= 11 is 0. The minimum absolute atomic E-state index is 0.278. The van der Waals surface area contributed by atoms with Crippen LogP contribution in [0.15, 0.2) is 24.3 Å². The lowest BCUT2D eigenvalue weighted by Gasteiger charge is -2.15. The topological polar surface area (TPSA) is 33.0 Å². The van der Waals surface area contributed by atoms with Gasteiger partial charge >= 0.3 is 0 Å². The lowest BCUT2D eigenvalue weighted by atomic mass is 9.92. The number of hydrogen-bond acceptors (Lipinski definition) is 2. The predicted octanol–water partition coefficient (Wildman–Crippen LogP) is 3.14. The van der Waals surface area contributed by atoms with Crippen LogP contribution in [0.1, 0.15) is 20.3 Å². The molecule has 1 aromatic rings. The highest BCUT2D eigenvalue weighted by Gasteiger charge is 2.16. The SMILES string of the molecule is CC(C)(C#N)CCOc1ccc(F)cc1. The van der Waals surface area contributed by atoms with Gasteiger partial charge in [0.2, 0.25) is 0 Å². The van der Waals surface area contributed by atoms with E-state index in [9.17, 15) is 4.39 Å². The molecule has 0 amide bonds. The van der Waals surface area contributed by atoms with Crippen LogP contribution in [0.4, 0.5) is 4.39 Å². The molecule has 0 aromatic heterocycles. The Bertz CT molecular complexity index is 351. The molecular weight excluding hydrogens is 193 g/mol. The average Bonchev–Trinajstić information content (AvgIpc) is 2.21. The van der Waals surface area contributed by atoms with E-state index in [0.29, 0.717) is 18.8 Å². The molecule has 0 spiro atoms.